The maximum Gasteiger partial charge on any atom is 0.248 e. The number of nitrogens with one attached hydrogen (secondary N) is 1. The summed E-state index contributed by atoms with van der Waals surface area (Å²) in [5, 5.41) is 2.82. The van der Waals surface area contributed by atoms with Crippen molar-refractivity contribution >= 4 is 27.3 Å². The summed E-state index contributed by atoms with van der Waals surface area (Å²) in [4.78, 5) is 13.1. The molecule has 0 heterocycles. The van der Waals surface area contributed by atoms with Crippen molar-refractivity contribution < 1.29 is 17.9 Å². The predicted molar refractivity (Wildman–Crippen MR) is 118 cm³/mol. The van der Waals surface area contributed by atoms with Crippen LogP contribution < -0.4 is 14.4 Å². The van der Waals surface area contributed by atoms with Gasteiger partial charge in [-0.2, -0.15) is 0 Å². The zero-order valence-electron chi connectivity index (χ0n) is 17.3. The highest BCUT2D eigenvalue weighted by molar-refractivity contribution is 7.92. The fourth-order valence-corrected chi connectivity index (χ4v) is 4.30. The molecule has 0 aliphatic heterocycles. The molecule has 0 aromatic heterocycles. The fraction of sp³-hybridized carbons (Fsp3) is 0.318. The van der Waals surface area contributed by atoms with Crippen LogP contribution >= 0.6 is 0 Å². The van der Waals surface area contributed by atoms with E-state index in [1.807, 2.05) is 26.0 Å². The third-order valence-electron chi connectivity index (χ3n) is 4.40. The normalized spacial score (nSPS) is 12.1. The third-order valence-corrected chi connectivity index (χ3v) is 5.57. The second-order valence-electron chi connectivity index (χ2n) is 6.89. The molecule has 6 nitrogen and oxygen atoms in total. The van der Waals surface area contributed by atoms with Crippen LogP contribution in [0.4, 0.5) is 11.4 Å². The van der Waals surface area contributed by atoms with Gasteiger partial charge in [0, 0.05) is 11.8 Å². The van der Waals surface area contributed by atoms with Crippen LogP contribution in [0.25, 0.3) is 0 Å². The van der Waals surface area contributed by atoms with E-state index in [0.717, 1.165) is 17.4 Å². The molecule has 29 heavy (non-hydrogen) atoms. The Morgan fingerprint density at radius 2 is 1.97 bits per heavy atom. The number of benzene rings is 2. The number of hydrogen-bond donors (Lipinski definition) is 1. The molecule has 0 radical (unpaired) electrons. The molecule has 1 N–H and O–H groups in total. The molecule has 0 fully saturated rings. The zero-order chi connectivity index (χ0) is 21.6. The summed E-state index contributed by atoms with van der Waals surface area (Å²) in [6, 6.07) is 11.6. The van der Waals surface area contributed by atoms with Crippen LogP contribution in [-0.2, 0) is 14.8 Å². The monoisotopic (exact) mass is 416 g/mol. The molecule has 0 aliphatic carbocycles. The Kier molecular flexibility index (Phi) is 7.45. The quantitative estimate of drug-likeness (QED) is 0.626. The Morgan fingerprint density at radius 1 is 1.24 bits per heavy atom. The second-order valence-corrected chi connectivity index (χ2v) is 8.75. The number of rotatable bonds is 9. The molecule has 7 heteroatoms. The molecule has 2 aromatic rings. The van der Waals surface area contributed by atoms with Crippen molar-refractivity contribution in [1.29, 1.82) is 0 Å². The van der Waals surface area contributed by atoms with Crippen molar-refractivity contribution in [1.82, 2.24) is 0 Å². The fourth-order valence-electron chi connectivity index (χ4n) is 3.04. The van der Waals surface area contributed by atoms with Crippen LogP contribution in [0, 0.1) is 13.8 Å². The number of amides is 1. The molecular weight excluding hydrogens is 388 g/mol. The number of hydrogen-bond acceptors (Lipinski definition) is 4. The standard InChI is InChI=1S/C22H28N2O4S/c1-6-13-28-19-10-8-9-18(15-19)23-22(25)20(7-2)24(29(5,26)27)21-14-16(3)11-12-17(21)4/h6,8-12,14-15,20H,1,7,13H2,2-5H3,(H,23,25)/t20-/m0/s1. The summed E-state index contributed by atoms with van der Waals surface area (Å²) in [6.45, 7) is 9.47. The largest absolute Gasteiger partial charge is 0.489 e. The van der Waals surface area contributed by atoms with E-state index in [9.17, 15) is 13.2 Å². The minimum absolute atomic E-state index is 0.318. The van der Waals surface area contributed by atoms with Crippen molar-refractivity contribution in [3.63, 3.8) is 0 Å². The van der Waals surface area contributed by atoms with Crippen LogP contribution in [0.5, 0.6) is 5.75 Å². The minimum Gasteiger partial charge on any atom is -0.489 e. The van der Waals surface area contributed by atoms with E-state index in [-0.39, 0.29) is 0 Å². The molecule has 0 unspecified atom stereocenters. The smallest absolute Gasteiger partial charge is 0.248 e. The first-order chi connectivity index (χ1) is 13.7. The maximum atomic E-state index is 13.1. The van der Waals surface area contributed by atoms with E-state index in [2.05, 4.69) is 11.9 Å². The molecule has 2 aromatic carbocycles. The van der Waals surface area contributed by atoms with E-state index < -0.39 is 22.0 Å². The lowest BCUT2D eigenvalue weighted by atomic mass is 10.1. The lowest BCUT2D eigenvalue weighted by Crippen LogP contribution is -2.47. The van der Waals surface area contributed by atoms with Gasteiger partial charge in [-0.05, 0) is 49.6 Å². The molecule has 156 valence electrons. The van der Waals surface area contributed by atoms with E-state index in [1.54, 1.807) is 43.3 Å². The first-order valence-electron chi connectivity index (χ1n) is 9.38. The maximum absolute atomic E-state index is 13.1. The average molecular weight is 417 g/mol. The van der Waals surface area contributed by atoms with Crippen molar-refractivity contribution in [3.8, 4) is 5.75 Å². The van der Waals surface area contributed by atoms with Gasteiger partial charge in [0.2, 0.25) is 15.9 Å². The average Bonchev–Trinajstić information content (AvgIpc) is 2.65. The number of aryl methyl sites for hydroxylation is 2. The van der Waals surface area contributed by atoms with E-state index >= 15 is 0 Å². The number of nitrogens with zero attached hydrogens (tertiary/aromatic N) is 1. The van der Waals surface area contributed by atoms with Crippen LogP contribution in [0.1, 0.15) is 24.5 Å². The Morgan fingerprint density at radius 3 is 2.59 bits per heavy atom. The van der Waals surface area contributed by atoms with Gasteiger partial charge in [-0.15, -0.1) is 0 Å². The summed E-state index contributed by atoms with van der Waals surface area (Å²) in [7, 11) is -3.69. The SMILES string of the molecule is C=CCOc1cccc(NC(=O)[C@H](CC)N(c2cc(C)ccc2C)S(C)(=O)=O)c1. The summed E-state index contributed by atoms with van der Waals surface area (Å²) < 4.78 is 32.0. The molecule has 0 spiro atoms. The van der Waals surface area contributed by atoms with Gasteiger partial charge in [0.25, 0.3) is 0 Å². The first kappa shape index (κ1) is 22.5. The number of carbonyl (C=O) groups excluding carboxylic acids is 1. The highest BCUT2D eigenvalue weighted by Gasteiger charge is 2.32. The third kappa shape index (κ3) is 5.84. The topological polar surface area (TPSA) is 75.7 Å². The number of carbonyl (C=O) groups is 1. The Balaban J connectivity index is 2.36. The lowest BCUT2D eigenvalue weighted by Gasteiger charge is -2.31. The van der Waals surface area contributed by atoms with Crippen LogP contribution in [-0.4, -0.2) is 33.2 Å². The molecule has 2 rings (SSSR count). The van der Waals surface area contributed by atoms with E-state index in [0.29, 0.717) is 30.2 Å². The molecule has 0 saturated carbocycles. The number of ether oxygens (including phenoxy) is 1. The van der Waals surface area contributed by atoms with Crippen molar-refractivity contribution in [2.45, 2.75) is 33.2 Å². The summed E-state index contributed by atoms with van der Waals surface area (Å²) in [6.07, 6.45) is 3.07. The highest BCUT2D eigenvalue weighted by atomic mass is 32.2. The first-order valence-corrected chi connectivity index (χ1v) is 11.2. The van der Waals surface area contributed by atoms with E-state index in [4.69, 9.17) is 4.74 Å². The van der Waals surface area contributed by atoms with Gasteiger partial charge < -0.3 is 10.1 Å². The molecule has 0 bridgehead atoms. The Bertz CT molecular complexity index is 986. The second kappa shape index (κ2) is 9.60. The highest BCUT2D eigenvalue weighted by Crippen LogP contribution is 2.28. The summed E-state index contributed by atoms with van der Waals surface area (Å²) >= 11 is 0. The van der Waals surface area contributed by atoms with Gasteiger partial charge >= 0.3 is 0 Å². The number of sulfonamides is 1. The summed E-state index contributed by atoms with van der Waals surface area (Å²) in [5.41, 5.74) is 2.75. The van der Waals surface area contributed by atoms with Crippen LogP contribution in [0.15, 0.2) is 55.1 Å². The van der Waals surface area contributed by atoms with Crippen molar-refractivity contribution in [2.24, 2.45) is 0 Å². The molecular formula is C22H28N2O4S. The van der Waals surface area contributed by atoms with Gasteiger partial charge in [-0.1, -0.05) is 37.8 Å². The minimum atomic E-state index is -3.69. The predicted octanol–water partition coefficient (Wildman–Crippen LogP) is 4.05. The van der Waals surface area contributed by atoms with Gasteiger partial charge in [-0.3, -0.25) is 9.10 Å². The van der Waals surface area contributed by atoms with E-state index in [1.165, 1.54) is 4.31 Å². The van der Waals surface area contributed by atoms with Gasteiger partial charge in [0.05, 0.1) is 11.9 Å². The molecule has 0 aliphatic rings. The summed E-state index contributed by atoms with van der Waals surface area (Å²) in [5.74, 6) is 0.185. The molecule has 0 saturated heterocycles. The van der Waals surface area contributed by atoms with Crippen LogP contribution in [0.3, 0.4) is 0 Å². The Labute approximate surface area is 173 Å². The van der Waals surface area contributed by atoms with Gasteiger partial charge in [0.1, 0.15) is 18.4 Å². The van der Waals surface area contributed by atoms with Crippen LogP contribution in [0.2, 0.25) is 0 Å². The molecule has 1 amide bonds. The van der Waals surface area contributed by atoms with Crippen molar-refractivity contribution in [3.05, 3.63) is 66.2 Å². The Hall–Kier alpha value is -2.80. The molecule has 1 atom stereocenters. The van der Waals surface area contributed by atoms with Gasteiger partial charge in [-0.25, -0.2) is 8.42 Å². The number of anilines is 2. The van der Waals surface area contributed by atoms with Gasteiger partial charge in [0.15, 0.2) is 0 Å². The lowest BCUT2D eigenvalue weighted by molar-refractivity contribution is -0.117. The van der Waals surface area contributed by atoms with Crippen molar-refractivity contribution in [2.75, 3.05) is 22.5 Å². The zero-order valence-corrected chi connectivity index (χ0v) is 18.1.